The summed E-state index contributed by atoms with van der Waals surface area (Å²) in [5.41, 5.74) is 2.11. The number of halogens is 1. The fourth-order valence-electron chi connectivity index (χ4n) is 2.77. The van der Waals surface area contributed by atoms with Crippen molar-refractivity contribution in [3.05, 3.63) is 56.7 Å². The first-order valence-corrected chi connectivity index (χ1v) is 10.1. The Labute approximate surface area is 160 Å². The van der Waals surface area contributed by atoms with Gasteiger partial charge in [0.2, 0.25) is 10.4 Å². The summed E-state index contributed by atoms with van der Waals surface area (Å²) in [6, 6.07) is 9.16. The molecule has 1 aliphatic rings. The molecule has 1 aliphatic heterocycles. The lowest BCUT2D eigenvalue weighted by Crippen LogP contribution is -2.38. The van der Waals surface area contributed by atoms with Gasteiger partial charge in [0.05, 0.1) is 7.11 Å². The largest absolute Gasteiger partial charge is 0.726 e. The first-order valence-electron chi connectivity index (χ1n) is 7.50. The van der Waals surface area contributed by atoms with E-state index in [9.17, 15) is 4.79 Å². The lowest BCUT2D eigenvalue weighted by molar-refractivity contribution is -0.147. The van der Waals surface area contributed by atoms with Crippen LogP contribution in [0.1, 0.15) is 22.0 Å². The summed E-state index contributed by atoms with van der Waals surface area (Å²) in [6.45, 7) is 1.59. The predicted octanol–water partition coefficient (Wildman–Crippen LogP) is 2.68. The van der Waals surface area contributed by atoms with Crippen molar-refractivity contribution in [1.82, 2.24) is 4.90 Å². The average Bonchev–Trinajstić information content (AvgIpc) is 3.03. The van der Waals surface area contributed by atoms with E-state index in [0.717, 1.165) is 25.1 Å². The monoisotopic (exact) mass is 418 g/mol. The van der Waals surface area contributed by atoms with E-state index in [1.54, 1.807) is 11.3 Å². The highest BCUT2D eigenvalue weighted by atomic mass is 35.5. The van der Waals surface area contributed by atoms with Gasteiger partial charge in [-0.3, -0.25) is 9.45 Å². The Morgan fingerprint density at radius 3 is 2.65 bits per heavy atom. The number of esters is 1. The topological polar surface area (TPSA) is 107 Å². The minimum Gasteiger partial charge on any atom is -0.726 e. The quantitative estimate of drug-likeness (QED) is 0.463. The number of fused-ring (bicyclic) bond motifs is 1. The Balaban J connectivity index is 0.000000431. The molecule has 142 valence electrons. The maximum absolute atomic E-state index is 12.3. The van der Waals surface area contributed by atoms with Crippen LogP contribution in [0.3, 0.4) is 0 Å². The normalized spacial score (nSPS) is 15.4. The lowest BCUT2D eigenvalue weighted by Gasteiger charge is -2.33. The van der Waals surface area contributed by atoms with Crippen LogP contribution >= 0.6 is 22.9 Å². The average molecular weight is 419 g/mol. The molecule has 1 N–H and O–H groups in total. The van der Waals surface area contributed by atoms with Crippen LogP contribution in [-0.4, -0.2) is 42.0 Å². The first kappa shape index (κ1) is 20.8. The number of rotatable bonds is 3. The second-order valence-electron chi connectivity index (χ2n) is 5.46. The number of thiophene rings is 1. The maximum atomic E-state index is 12.3. The molecule has 1 aromatic carbocycles. The molecule has 0 unspecified atom stereocenters. The molecule has 26 heavy (non-hydrogen) atoms. The van der Waals surface area contributed by atoms with Gasteiger partial charge in [0.1, 0.15) is 6.04 Å². The van der Waals surface area contributed by atoms with Gasteiger partial charge in [-0.1, -0.05) is 29.8 Å². The number of hydrogen-bond acceptors (Lipinski definition) is 7. The van der Waals surface area contributed by atoms with Gasteiger partial charge in [0.15, 0.2) is 0 Å². The van der Waals surface area contributed by atoms with Crippen molar-refractivity contribution in [3.8, 4) is 0 Å². The lowest BCUT2D eigenvalue weighted by atomic mass is 10.0. The van der Waals surface area contributed by atoms with Crippen molar-refractivity contribution < 1.29 is 27.1 Å². The molecule has 3 rings (SSSR count). The van der Waals surface area contributed by atoms with E-state index in [1.807, 2.05) is 24.3 Å². The van der Waals surface area contributed by atoms with Crippen molar-refractivity contribution in [2.75, 3.05) is 13.7 Å². The van der Waals surface area contributed by atoms with Gasteiger partial charge in [-0.05, 0) is 35.1 Å². The number of carbonyl (C=O) groups excluding carboxylic acids is 1. The van der Waals surface area contributed by atoms with E-state index in [0.29, 0.717) is 5.02 Å². The summed E-state index contributed by atoms with van der Waals surface area (Å²) in [5, 5.41) is 2.71. The predicted molar refractivity (Wildman–Crippen MR) is 97.0 cm³/mol. The molecule has 10 heteroatoms. The Morgan fingerprint density at radius 2 is 2.04 bits per heavy atom. The highest BCUT2D eigenvalue weighted by Gasteiger charge is 2.32. The van der Waals surface area contributed by atoms with Crippen LogP contribution in [0.5, 0.6) is 0 Å². The fraction of sp³-hybridized carbons (Fsp3) is 0.312. The smallest absolute Gasteiger partial charge is 0.327 e. The van der Waals surface area contributed by atoms with Gasteiger partial charge in [-0.25, -0.2) is 13.2 Å². The number of hydrogen-bond donors (Lipinski definition) is 1. The van der Waals surface area contributed by atoms with E-state index in [4.69, 9.17) is 33.9 Å². The van der Waals surface area contributed by atoms with Crippen LogP contribution in [0.15, 0.2) is 35.7 Å². The Bertz CT molecular complexity index is 859. The van der Waals surface area contributed by atoms with Crippen molar-refractivity contribution in [2.24, 2.45) is 0 Å². The van der Waals surface area contributed by atoms with Crippen molar-refractivity contribution >= 4 is 39.3 Å². The van der Waals surface area contributed by atoms with Crippen LogP contribution < -0.4 is 0 Å². The van der Waals surface area contributed by atoms with E-state index >= 15 is 0 Å². The fourth-order valence-corrected chi connectivity index (χ4v) is 3.90. The zero-order chi connectivity index (χ0) is 19.3. The second-order valence-corrected chi connectivity index (χ2v) is 7.73. The molecule has 1 aromatic heterocycles. The molecule has 7 nitrogen and oxygen atoms in total. The number of carbonyl (C=O) groups is 1. The standard InChI is InChI=1S/C16H16ClNO2S.H2O4S/c1-20-16(19)15(12-4-2-3-5-13(12)17)18-8-6-14-11(10-18)7-9-21-14;1-5(2,3)4/h2-5,7,9,15H,6,8,10H2,1H3;(H2,1,2,3,4)/p-1/t15-;/m0./s1. The summed E-state index contributed by atoms with van der Waals surface area (Å²) in [5.74, 6) is -0.262. The third-order valence-electron chi connectivity index (χ3n) is 3.83. The molecule has 0 saturated heterocycles. The number of nitrogens with zero attached hydrogens (tertiary/aromatic N) is 1. The van der Waals surface area contributed by atoms with Gasteiger partial charge in [0, 0.05) is 23.0 Å². The van der Waals surface area contributed by atoms with E-state index < -0.39 is 16.4 Å². The van der Waals surface area contributed by atoms with Gasteiger partial charge in [-0.15, -0.1) is 11.3 Å². The van der Waals surface area contributed by atoms with Gasteiger partial charge in [-0.2, -0.15) is 0 Å². The first-order chi connectivity index (χ1) is 12.2. The summed E-state index contributed by atoms with van der Waals surface area (Å²) >= 11 is 8.07. The zero-order valence-electron chi connectivity index (χ0n) is 13.8. The van der Waals surface area contributed by atoms with E-state index in [2.05, 4.69) is 16.3 Å². The summed E-state index contributed by atoms with van der Waals surface area (Å²) < 4.78 is 37.8. The van der Waals surface area contributed by atoms with Crippen molar-refractivity contribution in [2.45, 2.75) is 19.0 Å². The van der Waals surface area contributed by atoms with Gasteiger partial charge < -0.3 is 9.29 Å². The van der Waals surface area contributed by atoms with Gasteiger partial charge in [0.25, 0.3) is 0 Å². The SMILES string of the molecule is COC(=O)[C@H](c1ccccc1Cl)N1CCc2sccc2C1.O=S(=O)([O-])O. The summed E-state index contributed by atoms with van der Waals surface area (Å²) in [7, 11) is -3.49. The molecule has 0 bridgehead atoms. The third kappa shape index (κ3) is 5.76. The van der Waals surface area contributed by atoms with Crippen LogP contribution in [0.2, 0.25) is 5.02 Å². The molecule has 2 aromatic rings. The minimum atomic E-state index is -4.92. The Morgan fingerprint density at radius 1 is 1.38 bits per heavy atom. The number of benzene rings is 1. The molecule has 0 radical (unpaired) electrons. The Kier molecular flexibility index (Phi) is 7.16. The number of ether oxygens (including phenoxy) is 1. The molecule has 0 amide bonds. The minimum absolute atomic E-state index is 0.262. The van der Waals surface area contributed by atoms with Crippen LogP contribution in [0.25, 0.3) is 0 Å². The van der Waals surface area contributed by atoms with Crippen LogP contribution in [0, 0.1) is 0 Å². The summed E-state index contributed by atoms with van der Waals surface area (Å²) in [4.78, 5) is 15.8. The molecule has 1 atom stereocenters. The highest BCUT2D eigenvalue weighted by Crippen LogP contribution is 2.33. The molecule has 0 saturated carbocycles. The van der Waals surface area contributed by atoms with Crippen molar-refractivity contribution in [1.29, 1.82) is 0 Å². The molecule has 2 heterocycles. The molecule has 0 aliphatic carbocycles. The highest BCUT2D eigenvalue weighted by molar-refractivity contribution is 7.79. The van der Waals surface area contributed by atoms with E-state index in [1.165, 1.54) is 17.6 Å². The molecular formula is C16H17ClNO6S2-. The van der Waals surface area contributed by atoms with Crippen molar-refractivity contribution in [3.63, 3.8) is 0 Å². The van der Waals surface area contributed by atoms with Gasteiger partial charge >= 0.3 is 5.97 Å². The van der Waals surface area contributed by atoms with Crippen LogP contribution in [-0.2, 0) is 32.9 Å². The molecule has 0 spiro atoms. The second kappa shape index (κ2) is 8.94. The zero-order valence-corrected chi connectivity index (χ0v) is 16.2. The number of methoxy groups -OCH3 is 1. The maximum Gasteiger partial charge on any atom is 0.327 e. The van der Waals surface area contributed by atoms with E-state index in [-0.39, 0.29) is 5.97 Å². The Hall–Kier alpha value is -1.49. The molecular weight excluding hydrogens is 402 g/mol. The van der Waals surface area contributed by atoms with Crippen LogP contribution in [0.4, 0.5) is 0 Å². The molecule has 0 fully saturated rings. The summed E-state index contributed by atoms with van der Waals surface area (Å²) in [6.07, 6.45) is 0.963. The third-order valence-corrected chi connectivity index (χ3v) is 5.19.